The Morgan fingerprint density at radius 1 is 1.14 bits per heavy atom. The first-order valence-electron chi connectivity index (χ1n) is 10.2. The molecule has 0 atom stereocenters. The van der Waals surface area contributed by atoms with Crippen LogP contribution >= 0.6 is 0 Å². The minimum atomic E-state index is -0.0381. The Balaban J connectivity index is 1.46. The molecule has 6 nitrogen and oxygen atoms in total. The van der Waals surface area contributed by atoms with Gasteiger partial charge in [0.15, 0.2) is 5.58 Å². The van der Waals surface area contributed by atoms with Crippen molar-refractivity contribution in [3.63, 3.8) is 0 Å². The van der Waals surface area contributed by atoms with Crippen LogP contribution in [0.4, 0.5) is 6.01 Å². The number of oxazole rings is 1. The fraction of sp³-hybridized carbons (Fsp3) is 0.348. The molecule has 3 heterocycles. The largest absolute Gasteiger partial charge is 0.423 e. The van der Waals surface area contributed by atoms with Crippen LogP contribution in [0.15, 0.2) is 47.1 Å². The molecule has 0 bridgehead atoms. The molecule has 0 aliphatic heterocycles. The van der Waals surface area contributed by atoms with E-state index in [-0.39, 0.29) is 17.8 Å². The first kappa shape index (κ1) is 19.2. The zero-order chi connectivity index (χ0) is 20.4. The lowest BCUT2D eigenvalue weighted by atomic mass is 10.0. The minimum Gasteiger partial charge on any atom is -0.423 e. The molecule has 0 aliphatic carbocycles. The normalized spacial score (nSPS) is 11.6. The summed E-state index contributed by atoms with van der Waals surface area (Å²) in [4.78, 5) is 21.3. The van der Waals surface area contributed by atoms with Gasteiger partial charge < -0.3 is 8.82 Å². The summed E-state index contributed by atoms with van der Waals surface area (Å²) >= 11 is 0. The molecule has 150 valence electrons. The van der Waals surface area contributed by atoms with Crippen LogP contribution in [0.5, 0.6) is 0 Å². The first-order chi connectivity index (χ1) is 14.1. The highest BCUT2D eigenvalue weighted by Gasteiger charge is 2.17. The molecule has 6 heteroatoms. The lowest BCUT2D eigenvalue weighted by Crippen LogP contribution is -2.21. The summed E-state index contributed by atoms with van der Waals surface area (Å²) in [5.41, 5.74) is 5.83. The minimum absolute atomic E-state index is 0.0187. The van der Waals surface area contributed by atoms with Crippen LogP contribution in [0.2, 0.25) is 0 Å². The second kappa shape index (κ2) is 8.07. The molecule has 0 saturated heterocycles. The van der Waals surface area contributed by atoms with Crippen LogP contribution in [-0.4, -0.2) is 20.3 Å². The number of anilines is 1. The number of rotatable bonds is 7. The summed E-state index contributed by atoms with van der Waals surface area (Å²) in [6.07, 6.45) is 7.42. The zero-order valence-electron chi connectivity index (χ0n) is 17.1. The number of pyridine rings is 1. The number of imidazole rings is 1. The van der Waals surface area contributed by atoms with Crippen molar-refractivity contribution in [2.75, 3.05) is 5.32 Å². The number of benzene rings is 1. The molecule has 29 heavy (non-hydrogen) atoms. The summed E-state index contributed by atoms with van der Waals surface area (Å²) in [6.45, 7) is 6.09. The molecular formula is C23H26N4O2. The van der Waals surface area contributed by atoms with E-state index in [2.05, 4.69) is 46.0 Å². The van der Waals surface area contributed by atoms with Gasteiger partial charge in [0.05, 0.1) is 5.69 Å². The Bertz CT molecular complexity index is 1150. The van der Waals surface area contributed by atoms with Gasteiger partial charge in [-0.25, -0.2) is 4.98 Å². The van der Waals surface area contributed by atoms with Crippen molar-refractivity contribution in [1.82, 2.24) is 14.4 Å². The van der Waals surface area contributed by atoms with Gasteiger partial charge in [-0.05, 0) is 68.0 Å². The number of aromatic nitrogens is 3. The number of nitrogens with one attached hydrogen (secondary N) is 1. The summed E-state index contributed by atoms with van der Waals surface area (Å²) in [6, 6.07) is 10.4. The number of carbonyl (C=O) groups is 1. The third kappa shape index (κ3) is 4.16. The second-order valence-electron chi connectivity index (χ2n) is 7.53. The number of hydrogen-bond donors (Lipinski definition) is 1. The molecular weight excluding hydrogens is 364 g/mol. The molecule has 0 spiro atoms. The Morgan fingerprint density at radius 3 is 2.76 bits per heavy atom. The van der Waals surface area contributed by atoms with Gasteiger partial charge in [-0.1, -0.05) is 19.9 Å². The van der Waals surface area contributed by atoms with Crippen molar-refractivity contribution < 1.29 is 9.21 Å². The molecule has 0 unspecified atom stereocenters. The summed E-state index contributed by atoms with van der Waals surface area (Å²) < 4.78 is 7.82. The van der Waals surface area contributed by atoms with E-state index in [0.29, 0.717) is 5.58 Å². The molecule has 0 aliphatic rings. The quantitative estimate of drug-likeness (QED) is 0.485. The third-order valence-electron chi connectivity index (χ3n) is 5.37. The average molecular weight is 390 g/mol. The number of carbonyl (C=O) groups excluding carboxylic acids is 1. The van der Waals surface area contributed by atoms with E-state index in [9.17, 15) is 4.79 Å². The SMILES string of the molecule is CCC(CC)C(=O)Nc1nc2ccc(CCc3cn4ccc(C)cc4n3)cc2o1. The molecule has 0 saturated carbocycles. The van der Waals surface area contributed by atoms with Gasteiger partial charge in [0.25, 0.3) is 0 Å². The van der Waals surface area contributed by atoms with Crippen LogP contribution in [0, 0.1) is 12.8 Å². The summed E-state index contributed by atoms with van der Waals surface area (Å²) in [5, 5.41) is 2.80. The van der Waals surface area contributed by atoms with Crippen LogP contribution in [-0.2, 0) is 17.6 Å². The maximum absolute atomic E-state index is 12.3. The highest BCUT2D eigenvalue weighted by Crippen LogP contribution is 2.22. The van der Waals surface area contributed by atoms with Crippen molar-refractivity contribution in [2.45, 2.75) is 46.5 Å². The fourth-order valence-corrected chi connectivity index (χ4v) is 3.57. The van der Waals surface area contributed by atoms with Gasteiger partial charge in [0, 0.05) is 18.3 Å². The highest BCUT2D eigenvalue weighted by molar-refractivity contribution is 5.91. The predicted octanol–water partition coefficient (Wildman–Crippen LogP) is 4.94. The van der Waals surface area contributed by atoms with Crippen LogP contribution < -0.4 is 5.32 Å². The van der Waals surface area contributed by atoms with Gasteiger partial charge in [-0.2, -0.15) is 4.98 Å². The molecule has 4 aromatic rings. The number of aryl methyl sites for hydroxylation is 3. The Labute approximate surface area is 170 Å². The topological polar surface area (TPSA) is 72.4 Å². The monoisotopic (exact) mass is 390 g/mol. The summed E-state index contributed by atoms with van der Waals surface area (Å²) in [5.74, 6) is -0.0568. The van der Waals surface area contributed by atoms with Crippen molar-refractivity contribution >= 4 is 28.7 Å². The third-order valence-corrected chi connectivity index (χ3v) is 5.37. The lowest BCUT2D eigenvalue weighted by molar-refractivity contribution is -0.120. The van der Waals surface area contributed by atoms with Crippen molar-refractivity contribution in [3.8, 4) is 0 Å². The molecule has 3 aromatic heterocycles. The van der Waals surface area contributed by atoms with Gasteiger partial charge >= 0.3 is 6.01 Å². The van der Waals surface area contributed by atoms with E-state index >= 15 is 0 Å². The smallest absolute Gasteiger partial charge is 0.302 e. The van der Waals surface area contributed by atoms with E-state index in [1.807, 2.05) is 32.2 Å². The second-order valence-corrected chi connectivity index (χ2v) is 7.53. The number of amides is 1. The summed E-state index contributed by atoms with van der Waals surface area (Å²) in [7, 11) is 0. The van der Waals surface area contributed by atoms with Crippen LogP contribution in [0.1, 0.15) is 43.5 Å². The molecule has 0 fully saturated rings. The van der Waals surface area contributed by atoms with Crippen molar-refractivity contribution in [2.24, 2.45) is 5.92 Å². The van der Waals surface area contributed by atoms with Gasteiger partial charge in [-0.3, -0.25) is 10.1 Å². The maximum Gasteiger partial charge on any atom is 0.302 e. The van der Waals surface area contributed by atoms with E-state index in [1.165, 1.54) is 5.56 Å². The Morgan fingerprint density at radius 2 is 1.97 bits per heavy atom. The van der Waals surface area contributed by atoms with Crippen LogP contribution in [0.3, 0.4) is 0 Å². The van der Waals surface area contributed by atoms with Crippen molar-refractivity contribution in [3.05, 3.63) is 59.5 Å². The fourth-order valence-electron chi connectivity index (χ4n) is 3.57. The molecule has 1 amide bonds. The Kier molecular flexibility index (Phi) is 5.34. The van der Waals surface area contributed by atoms with Gasteiger partial charge in [0.1, 0.15) is 11.2 Å². The standard InChI is InChI=1S/C23H26N4O2/c1-4-17(5-2)22(28)26-23-25-19-9-7-16(13-20(19)29-23)6-8-18-14-27-11-10-15(3)12-21(27)24-18/h7,9-14,17H,4-6,8H2,1-3H3,(H,25,26,28). The zero-order valence-corrected chi connectivity index (χ0v) is 17.1. The molecule has 4 rings (SSSR count). The number of hydrogen-bond acceptors (Lipinski definition) is 4. The average Bonchev–Trinajstić information content (AvgIpc) is 3.29. The molecule has 0 radical (unpaired) electrons. The van der Waals surface area contributed by atoms with Gasteiger partial charge in [0.2, 0.25) is 5.91 Å². The maximum atomic E-state index is 12.3. The molecule has 1 N–H and O–H groups in total. The first-order valence-corrected chi connectivity index (χ1v) is 10.2. The number of fused-ring (bicyclic) bond motifs is 2. The van der Waals surface area contributed by atoms with Gasteiger partial charge in [-0.15, -0.1) is 0 Å². The lowest BCUT2D eigenvalue weighted by Gasteiger charge is -2.09. The number of nitrogens with zero attached hydrogens (tertiary/aromatic N) is 3. The molecule has 1 aromatic carbocycles. The van der Waals surface area contributed by atoms with E-state index < -0.39 is 0 Å². The van der Waals surface area contributed by atoms with E-state index in [0.717, 1.165) is 48.1 Å². The van der Waals surface area contributed by atoms with E-state index in [4.69, 9.17) is 9.40 Å². The highest BCUT2D eigenvalue weighted by atomic mass is 16.4. The Hall–Kier alpha value is -3.15. The predicted molar refractivity (Wildman–Crippen MR) is 114 cm³/mol. The van der Waals surface area contributed by atoms with E-state index in [1.54, 1.807) is 0 Å². The van der Waals surface area contributed by atoms with Crippen molar-refractivity contribution in [1.29, 1.82) is 0 Å². The van der Waals surface area contributed by atoms with Crippen LogP contribution in [0.25, 0.3) is 16.7 Å².